The van der Waals surface area contributed by atoms with E-state index in [0.29, 0.717) is 5.92 Å². The molecule has 0 saturated heterocycles. The smallest absolute Gasteiger partial charge is 0.0251 e. The lowest BCUT2D eigenvalue weighted by Gasteiger charge is -2.33. The Hall–Kier alpha value is -2.96. The average Bonchev–Trinajstić information content (AvgIpc) is 2.67. The van der Waals surface area contributed by atoms with Gasteiger partial charge in [-0.3, -0.25) is 0 Å². The number of hydrogen-bond donors (Lipinski definition) is 0. The maximum absolute atomic E-state index is 3.28. The third kappa shape index (κ3) is 3.37. The Morgan fingerprint density at radius 3 is 2.48 bits per heavy atom. The Bertz CT molecular complexity index is 1210. The predicted molar refractivity (Wildman–Crippen MR) is 116 cm³/mol. The first-order chi connectivity index (χ1) is 13.1. The van der Waals surface area contributed by atoms with E-state index in [-0.39, 0.29) is 5.41 Å². The van der Waals surface area contributed by atoms with E-state index in [4.69, 9.17) is 0 Å². The largest absolute Gasteiger partial charge is 0.0982 e. The molecule has 0 saturated carbocycles. The minimum Gasteiger partial charge on any atom is -0.0982 e. The van der Waals surface area contributed by atoms with Crippen LogP contribution < -0.4 is 10.4 Å². The summed E-state index contributed by atoms with van der Waals surface area (Å²) >= 11 is 0. The summed E-state index contributed by atoms with van der Waals surface area (Å²) in [4.78, 5) is 0. The van der Waals surface area contributed by atoms with Crippen molar-refractivity contribution < 1.29 is 0 Å². The Morgan fingerprint density at radius 1 is 0.889 bits per heavy atom. The molecule has 0 spiro atoms. The van der Waals surface area contributed by atoms with Crippen molar-refractivity contribution in [2.24, 2.45) is 11.3 Å². The molecular formula is C27H24. The summed E-state index contributed by atoms with van der Waals surface area (Å²) in [6, 6.07) is 11.1. The summed E-state index contributed by atoms with van der Waals surface area (Å²) in [5.41, 5.74) is 2.21. The number of rotatable bonds is 0. The topological polar surface area (TPSA) is 0 Å². The monoisotopic (exact) mass is 348 g/mol. The number of benzene rings is 2. The van der Waals surface area contributed by atoms with Gasteiger partial charge >= 0.3 is 0 Å². The van der Waals surface area contributed by atoms with Crippen LogP contribution in [0.1, 0.15) is 39.2 Å². The molecule has 2 unspecified atom stereocenters. The molecule has 2 aliphatic carbocycles. The van der Waals surface area contributed by atoms with E-state index < -0.39 is 0 Å². The molecule has 0 heteroatoms. The molecule has 0 aliphatic heterocycles. The minimum absolute atomic E-state index is 0.0142. The molecule has 0 aromatic heterocycles. The summed E-state index contributed by atoms with van der Waals surface area (Å²) < 4.78 is 0. The standard InChI is InChI=1S/C27H24/c1-4-6-8-20-10-12-22-15-25-19-27(3)18-21(9-7-5-2)11-13-26(27)17-24(25)16-23(22)14-20/h10-19,26H,4-5H2,1-3H3. The zero-order valence-electron chi connectivity index (χ0n) is 16.3. The highest BCUT2D eigenvalue weighted by Crippen LogP contribution is 2.38. The fourth-order valence-electron chi connectivity index (χ4n) is 3.93. The first-order valence-electron chi connectivity index (χ1n) is 9.78. The van der Waals surface area contributed by atoms with Crippen molar-refractivity contribution in [1.29, 1.82) is 0 Å². The molecular weight excluding hydrogens is 324 g/mol. The van der Waals surface area contributed by atoms with Gasteiger partial charge in [0.05, 0.1) is 0 Å². The Kier molecular flexibility index (Phi) is 4.51. The van der Waals surface area contributed by atoms with Crippen LogP contribution in [-0.4, -0.2) is 0 Å². The minimum atomic E-state index is -0.0142. The first kappa shape index (κ1) is 17.5. The van der Waals surface area contributed by atoms with Crippen molar-refractivity contribution in [2.45, 2.75) is 33.6 Å². The third-order valence-corrected chi connectivity index (χ3v) is 5.35. The molecule has 27 heavy (non-hydrogen) atoms. The van der Waals surface area contributed by atoms with Gasteiger partial charge < -0.3 is 0 Å². The fraction of sp³-hybridized carbons (Fsp3) is 0.259. The van der Waals surface area contributed by atoms with Gasteiger partial charge in [-0.2, -0.15) is 0 Å². The summed E-state index contributed by atoms with van der Waals surface area (Å²) in [5, 5.41) is 5.15. The van der Waals surface area contributed by atoms with Crippen molar-refractivity contribution in [1.82, 2.24) is 0 Å². The molecule has 4 rings (SSSR count). The quantitative estimate of drug-likeness (QED) is 0.605. The van der Waals surface area contributed by atoms with E-state index >= 15 is 0 Å². The molecule has 2 aliphatic rings. The Labute approximate surface area is 162 Å². The van der Waals surface area contributed by atoms with Crippen LogP contribution in [-0.2, 0) is 0 Å². The van der Waals surface area contributed by atoms with Crippen LogP contribution in [0.4, 0.5) is 0 Å². The second-order valence-corrected chi connectivity index (χ2v) is 7.52. The summed E-state index contributed by atoms with van der Waals surface area (Å²) in [5.74, 6) is 13.2. The zero-order valence-corrected chi connectivity index (χ0v) is 16.3. The number of hydrogen-bond acceptors (Lipinski definition) is 0. The zero-order chi connectivity index (χ0) is 18.9. The van der Waals surface area contributed by atoms with Gasteiger partial charge in [0, 0.05) is 35.3 Å². The molecule has 0 radical (unpaired) electrons. The highest BCUT2D eigenvalue weighted by Gasteiger charge is 2.31. The summed E-state index contributed by atoms with van der Waals surface area (Å²) in [6.07, 6.45) is 13.4. The molecule has 0 heterocycles. The number of allylic oxidation sites excluding steroid dienone is 4. The van der Waals surface area contributed by atoms with Gasteiger partial charge in [0.15, 0.2) is 0 Å². The second kappa shape index (κ2) is 6.98. The Morgan fingerprint density at radius 2 is 1.67 bits per heavy atom. The molecule has 0 N–H and O–H groups in total. The molecule has 0 nitrogen and oxygen atoms in total. The molecule has 2 atom stereocenters. The van der Waals surface area contributed by atoms with Crippen LogP contribution in [0.5, 0.6) is 0 Å². The van der Waals surface area contributed by atoms with Crippen molar-refractivity contribution >= 4 is 22.9 Å². The third-order valence-electron chi connectivity index (χ3n) is 5.35. The lowest BCUT2D eigenvalue weighted by atomic mass is 9.70. The lowest BCUT2D eigenvalue weighted by molar-refractivity contribution is 0.502. The van der Waals surface area contributed by atoms with Crippen LogP contribution >= 0.6 is 0 Å². The molecule has 0 amide bonds. The average molecular weight is 348 g/mol. The van der Waals surface area contributed by atoms with Crippen molar-refractivity contribution in [3.8, 4) is 23.7 Å². The van der Waals surface area contributed by atoms with Gasteiger partial charge in [-0.15, -0.1) is 0 Å². The molecule has 2 aromatic rings. The maximum atomic E-state index is 3.28. The first-order valence-corrected chi connectivity index (χ1v) is 9.78. The van der Waals surface area contributed by atoms with Gasteiger partial charge in [-0.05, 0) is 45.5 Å². The predicted octanol–water partition coefficient (Wildman–Crippen LogP) is 4.71. The van der Waals surface area contributed by atoms with Crippen LogP contribution in [0.3, 0.4) is 0 Å². The van der Waals surface area contributed by atoms with Gasteiger partial charge in [-0.25, -0.2) is 0 Å². The van der Waals surface area contributed by atoms with Crippen LogP contribution in [0, 0.1) is 35.0 Å². The highest BCUT2D eigenvalue weighted by atomic mass is 14.3. The number of fused-ring (bicyclic) bond motifs is 3. The summed E-state index contributed by atoms with van der Waals surface area (Å²) in [7, 11) is 0. The molecule has 0 fully saturated rings. The van der Waals surface area contributed by atoms with Gasteiger partial charge in [0.1, 0.15) is 0 Å². The molecule has 132 valence electrons. The van der Waals surface area contributed by atoms with E-state index in [2.05, 4.69) is 105 Å². The SMILES string of the molecule is CCC#CC1=CC2(C)C=c3cc4ccc(C#CCC)cc4cc3=CC2C=C1. The Balaban J connectivity index is 1.85. The van der Waals surface area contributed by atoms with E-state index in [1.807, 2.05) is 0 Å². The van der Waals surface area contributed by atoms with Crippen LogP contribution in [0.25, 0.3) is 22.9 Å². The van der Waals surface area contributed by atoms with Crippen molar-refractivity contribution in [3.63, 3.8) is 0 Å². The lowest BCUT2D eigenvalue weighted by Crippen LogP contribution is -2.37. The van der Waals surface area contributed by atoms with E-state index in [0.717, 1.165) is 24.0 Å². The van der Waals surface area contributed by atoms with E-state index in [1.165, 1.54) is 21.2 Å². The normalized spacial score (nSPS) is 22.0. The second-order valence-electron chi connectivity index (χ2n) is 7.52. The van der Waals surface area contributed by atoms with E-state index in [1.54, 1.807) is 0 Å². The van der Waals surface area contributed by atoms with Crippen molar-refractivity contribution in [2.75, 3.05) is 0 Å². The fourth-order valence-corrected chi connectivity index (χ4v) is 3.93. The molecule has 0 bridgehead atoms. The highest BCUT2D eigenvalue weighted by molar-refractivity contribution is 5.85. The van der Waals surface area contributed by atoms with Crippen LogP contribution in [0.15, 0.2) is 54.1 Å². The van der Waals surface area contributed by atoms with Gasteiger partial charge in [0.25, 0.3) is 0 Å². The molecule has 2 aromatic carbocycles. The van der Waals surface area contributed by atoms with E-state index in [9.17, 15) is 0 Å². The van der Waals surface area contributed by atoms with Crippen molar-refractivity contribution in [3.05, 3.63) is 70.1 Å². The van der Waals surface area contributed by atoms with Gasteiger partial charge in [0.2, 0.25) is 0 Å². The summed E-state index contributed by atoms with van der Waals surface area (Å²) in [6.45, 7) is 6.48. The maximum Gasteiger partial charge on any atom is 0.0251 e. The van der Waals surface area contributed by atoms with Gasteiger partial charge in [-0.1, -0.05) is 80.9 Å². The van der Waals surface area contributed by atoms with Crippen LogP contribution in [0.2, 0.25) is 0 Å².